The van der Waals surface area contributed by atoms with Crippen molar-refractivity contribution in [1.29, 1.82) is 0 Å². The summed E-state index contributed by atoms with van der Waals surface area (Å²) in [5, 5.41) is 2.22. The topological polar surface area (TPSA) is 88.6 Å². The van der Waals surface area contributed by atoms with Crippen molar-refractivity contribution in [1.82, 2.24) is 15.2 Å². The molecule has 1 aromatic heterocycles. The Morgan fingerprint density at radius 1 is 1.33 bits per heavy atom. The second-order valence-corrected chi connectivity index (χ2v) is 5.15. The second kappa shape index (κ2) is 5.90. The lowest BCUT2D eigenvalue weighted by atomic mass is 9.92. The zero-order valence-electron chi connectivity index (χ0n) is 12.1. The lowest BCUT2D eigenvalue weighted by Crippen LogP contribution is -2.58. The van der Waals surface area contributed by atoms with Crippen LogP contribution in [0.4, 0.5) is 4.79 Å². The van der Waals surface area contributed by atoms with Crippen LogP contribution in [0.25, 0.3) is 0 Å². The van der Waals surface area contributed by atoms with E-state index in [-0.39, 0.29) is 12.5 Å². The Labute approximate surface area is 122 Å². The molecule has 4 amide bonds. The first-order valence-corrected chi connectivity index (χ1v) is 6.59. The van der Waals surface area contributed by atoms with E-state index >= 15 is 0 Å². The molecular weight excluding hydrogens is 274 g/mol. The van der Waals surface area contributed by atoms with E-state index in [0.717, 1.165) is 4.90 Å². The van der Waals surface area contributed by atoms with Crippen molar-refractivity contribution in [2.75, 3.05) is 7.11 Å². The van der Waals surface area contributed by atoms with E-state index in [1.807, 2.05) is 0 Å². The molecule has 7 nitrogen and oxygen atoms in total. The molecule has 1 aliphatic heterocycles. The molecule has 21 heavy (non-hydrogen) atoms. The number of rotatable bonds is 4. The second-order valence-electron chi connectivity index (χ2n) is 5.15. The highest BCUT2D eigenvalue weighted by atomic mass is 16.5. The third-order valence-corrected chi connectivity index (χ3v) is 3.30. The van der Waals surface area contributed by atoms with Gasteiger partial charge in [0, 0.05) is 12.3 Å². The van der Waals surface area contributed by atoms with E-state index in [2.05, 4.69) is 10.3 Å². The van der Waals surface area contributed by atoms with Crippen LogP contribution in [-0.2, 0) is 16.1 Å². The normalized spacial score (nSPS) is 19.0. The van der Waals surface area contributed by atoms with Gasteiger partial charge in [-0.3, -0.25) is 19.8 Å². The maximum Gasteiger partial charge on any atom is 0.331 e. The van der Waals surface area contributed by atoms with E-state index in [1.165, 1.54) is 13.3 Å². The number of methoxy groups -OCH3 is 1. The number of urea groups is 1. The van der Waals surface area contributed by atoms with Crippen molar-refractivity contribution in [3.63, 3.8) is 0 Å². The molecule has 0 bridgehead atoms. The highest BCUT2D eigenvalue weighted by Gasteiger charge is 2.41. The molecule has 0 spiro atoms. The summed E-state index contributed by atoms with van der Waals surface area (Å²) < 4.78 is 4.95. The number of imide groups is 2. The smallest absolute Gasteiger partial charge is 0.331 e. The predicted octanol–water partition coefficient (Wildman–Crippen LogP) is 0.941. The number of aromatic nitrogens is 1. The van der Waals surface area contributed by atoms with Crippen molar-refractivity contribution >= 4 is 17.8 Å². The number of nitrogens with zero attached hydrogens (tertiary/aromatic N) is 2. The molecular formula is C14H17N3O4. The Kier molecular flexibility index (Phi) is 4.21. The number of carbonyl (C=O) groups excluding carboxylic acids is 3. The van der Waals surface area contributed by atoms with Crippen LogP contribution in [0, 0.1) is 11.8 Å². The molecule has 1 saturated heterocycles. The number of pyridine rings is 1. The summed E-state index contributed by atoms with van der Waals surface area (Å²) in [6, 6.07) is 2.66. The quantitative estimate of drug-likeness (QED) is 0.834. The van der Waals surface area contributed by atoms with Gasteiger partial charge in [-0.2, -0.15) is 0 Å². The molecule has 7 heteroatoms. The van der Waals surface area contributed by atoms with Gasteiger partial charge in [-0.15, -0.1) is 0 Å². The highest BCUT2D eigenvalue weighted by molar-refractivity contribution is 6.16. The van der Waals surface area contributed by atoms with Crippen LogP contribution in [-0.4, -0.2) is 34.8 Å². The highest BCUT2D eigenvalue weighted by Crippen LogP contribution is 2.20. The fraction of sp³-hybridized carbons (Fsp3) is 0.429. The molecule has 112 valence electrons. The number of hydrogen-bond acceptors (Lipinski definition) is 5. The van der Waals surface area contributed by atoms with Gasteiger partial charge in [0.25, 0.3) is 0 Å². The summed E-state index contributed by atoms with van der Waals surface area (Å²) >= 11 is 0. The van der Waals surface area contributed by atoms with E-state index in [9.17, 15) is 14.4 Å². The Balaban J connectivity index is 2.18. The molecule has 0 aliphatic carbocycles. The first kappa shape index (κ1) is 15.0. The van der Waals surface area contributed by atoms with Gasteiger partial charge in [0.05, 0.1) is 13.7 Å². The van der Waals surface area contributed by atoms with Crippen molar-refractivity contribution in [2.24, 2.45) is 11.8 Å². The van der Waals surface area contributed by atoms with Crippen molar-refractivity contribution in [2.45, 2.75) is 20.4 Å². The molecule has 1 unspecified atom stereocenters. The molecule has 2 heterocycles. The number of amides is 4. The third-order valence-electron chi connectivity index (χ3n) is 3.30. The van der Waals surface area contributed by atoms with Crippen LogP contribution in [0.3, 0.4) is 0 Å². The average Bonchev–Trinajstić information content (AvgIpc) is 2.43. The van der Waals surface area contributed by atoms with Crippen molar-refractivity contribution in [3.8, 4) is 5.88 Å². The zero-order chi connectivity index (χ0) is 15.6. The van der Waals surface area contributed by atoms with Gasteiger partial charge in [0.2, 0.25) is 17.7 Å². The van der Waals surface area contributed by atoms with Crippen LogP contribution in [0.1, 0.15) is 19.4 Å². The van der Waals surface area contributed by atoms with Crippen molar-refractivity contribution < 1.29 is 19.1 Å². The van der Waals surface area contributed by atoms with E-state index < -0.39 is 23.8 Å². The van der Waals surface area contributed by atoms with Crippen molar-refractivity contribution in [3.05, 3.63) is 23.9 Å². The van der Waals surface area contributed by atoms with Crippen LogP contribution in [0.15, 0.2) is 18.3 Å². The van der Waals surface area contributed by atoms with Crippen LogP contribution in [0.2, 0.25) is 0 Å². The van der Waals surface area contributed by atoms with Crippen LogP contribution < -0.4 is 10.1 Å². The largest absolute Gasteiger partial charge is 0.481 e. The SMILES string of the molecule is COc1ccc(CN2C(=O)NC(=O)C(C(C)C)C2=O)cn1. The van der Waals surface area contributed by atoms with Gasteiger partial charge in [0.15, 0.2) is 0 Å². The Bertz CT molecular complexity index is 568. The minimum atomic E-state index is -0.839. The van der Waals surface area contributed by atoms with Gasteiger partial charge < -0.3 is 4.74 Å². The van der Waals surface area contributed by atoms with Gasteiger partial charge in [0.1, 0.15) is 5.92 Å². The number of nitrogens with one attached hydrogen (secondary N) is 1. The molecule has 1 aliphatic rings. The average molecular weight is 291 g/mol. The number of hydrogen-bond donors (Lipinski definition) is 1. The summed E-state index contributed by atoms with van der Waals surface area (Å²) in [4.78, 5) is 40.9. The first-order chi connectivity index (χ1) is 9.93. The Morgan fingerprint density at radius 2 is 2.05 bits per heavy atom. The minimum absolute atomic E-state index is 0.0676. The number of barbiturate groups is 1. The zero-order valence-corrected chi connectivity index (χ0v) is 12.1. The van der Waals surface area contributed by atoms with Gasteiger partial charge in [-0.25, -0.2) is 9.78 Å². The minimum Gasteiger partial charge on any atom is -0.481 e. The van der Waals surface area contributed by atoms with E-state index in [0.29, 0.717) is 11.4 Å². The number of carbonyl (C=O) groups is 3. The molecule has 1 fully saturated rings. The molecule has 1 atom stereocenters. The Morgan fingerprint density at radius 3 is 2.57 bits per heavy atom. The van der Waals surface area contributed by atoms with Gasteiger partial charge in [-0.1, -0.05) is 19.9 Å². The molecule has 2 rings (SSSR count). The summed E-state index contributed by atoms with van der Waals surface area (Å²) in [6.45, 7) is 3.61. The fourth-order valence-corrected chi connectivity index (χ4v) is 2.18. The summed E-state index contributed by atoms with van der Waals surface area (Å²) in [5.74, 6) is -1.59. The van der Waals surface area contributed by atoms with Crippen LogP contribution in [0.5, 0.6) is 5.88 Å². The molecule has 1 aromatic rings. The Hall–Kier alpha value is -2.44. The maximum absolute atomic E-state index is 12.3. The summed E-state index contributed by atoms with van der Waals surface area (Å²) in [6.07, 6.45) is 1.53. The lowest BCUT2D eigenvalue weighted by Gasteiger charge is -2.31. The summed E-state index contributed by atoms with van der Waals surface area (Å²) in [7, 11) is 1.50. The lowest BCUT2D eigenvalue weighted by molar-refractivity contribution is -0.144. The first-order valence-electron chi connectivity index (χ1n) is 6.59. The summed E-state index contributed by atoms with van der Waals surface area (Å²) in [5.41, 5.74) is 0.677. The monoisotopic (exact) mass is 291 g/mol. The van der Waals surface area contributed by atoms with E-state index in [4.69, 9.17) is 4.74 Å². The number of ether oxygens (including phenoxy) is 1. The van der Waals surface area contributed by atoms with E-state index in [1.54, 1.807) is 26.0 Å². The fourth-order valence-electron chi connectivity index (χ4n) is 2.18. The molecule has 1 N–H and O–H groups in total. The molecule has 0 saturated carbocycles. The van der Waals surface area contributed by atoms with Gasteiger partial charge >= 0.3 is 6.03 Å². The van der Waals surface area contributed by atoms with Gasteiger partial charge in [-0.05, 0) is 11.5 Å². The standard InChI is InChI=1S/C14H17N3O4/c1-8(2)11-12(18)16-14(20)17(13(11)19)7-9-4-5-10(21-3)15-6-9/h4-6,8,11H,7H2,1-3H3,(H,16,18,20). The molecule has 0 aromatic carbocycles. The molecule has 0 radical (unpaired) electrons. The third kappa shape index (κ3) is 3.01. The maximum atomic E-state index is 12.3. The predicted molar refractivity (Wildman–Crippen MR) is 73.2 cm³/mol. The van der Waals surface area contributed by atoms with Crippen LogP contribution >= 0.6 is 0 Å².